The summed E-state index contributed by atoms with van der Waals surface area (Å²) in [4.78, 5) is 20.5. The van der Waals surface area contributed by atoms with Crippen LogP contribution in [0.4, 0.5) is 0 Å². The summed E-state index contributed by atoms with van der Waals surface area (Å²) < 4.78 is 1.87. The van der Waals surface area contributed by atoms with Crippen molar-refractivity contribution in [3.8, 4) is 0 Å². The number of rotatable bonds is 3. The first kappa shape index (κ1) is 16.0. The highest BCUT2D eigenvalue weighted by Crippen LogP contribution is 2.24. The van der Waals surface area contributed by atoms with Gasteiger partial charge in [-0.15, -0.1) is 0 Å². The van der Waals surface area contributed by atoms with E-state index in [0.717, 1.165) is 32.0 Å². The average molecular weight is 294 g/mol. The molecule has 0 amide bonds. The zero-order chi connectivity index (χ0) is 15.8. The first-order valence-corrected chi connectivity index (χ1v) is 7.42. The van der Waals surface area contributed by atoms with E-state index in [1.165, 1.54) is 0 Å². The van der Waals surface area contributed by atoms with Crippen LogP contribution in [-0.4, -0.2) is 62.1 Å². The molecular formula is C15H26N4O2. The molecule has 0 aromatic carbocycles. The fourth-order valence-corrected chi connectivity index (χ4v) is 2.84. The Morgan fingerprint density at radius 1 is 1.29 bits per heavy atom. The molecule has 0 aliphatic carbocycles. The number of carboxylic acids is 1. The van der Waals surface area contributed by atoms with Crippen LogP contribution in [-0.2, 0) is 11.8 Å². The van der Waals surface area contributed by atoms with E-state index in [4.69, 9.17) is 0 Å². The SMILES string of the molecule is Cc1nc(C(C(=O)O)N2CCN(C(C)(C)C)CC2)cn1C. The van der Waals surface area contributed by atoms with Crippen molar-refractivity contribution in [1.82, 2.24) is 19.4 Å². The number of nitrogens with zero attached hydrogens (tertiary/aromatic N) is 4. The van der Waals surface area contributed by atoms with Crippen molar-refractivity contribution >= 4 is 5.97 Å². The number of piperazine rings is 1. The second-order valence-electron chi connectivity index (χ2n) is 6.76. The van der Waals surface area contributed by atoms with Gasteiger partial charge in [-0.25, -0.2) is 4.98 Å². The Morgan fingerprint density at radius 3 is 2.24 bits per heavy atom. The summed E-state index contributed by atoms with van der Waals surface area (Å²) in [7, 11) is 1.89. The summed E-state index contributed by atoms with van der Waals surface area (Å²) in [5, 5.41) is 9.60. The lowest BCUT2D eigenvalue weighted by molar-refractivity contribution is -0.144. The summed E-state index contributed by atoms with van der Waals surface area (Å²) in [6.45, 7) is 11.8. The van der Waals surface area contributed by atoms with Crippen LogP contribution in [0.1, 0.15) is 38.3 Å². The van der Waals surface area contributed by atoms with Gasteiger partial charge in [0.05, 0.1) is 5.69 Å². The Bertz CT molecular complexity index is 491. The number of imidazole rings is 1. The van der Waals surface area contributed by atoms with Crippen molar-refractivity contribution in [1.29, 1.82) is 0 Å². The molecule has 1 fully saturated rings. The number of hydrogen-bond donors (Lipinski definition) is 1. The van der Waals surface area contributed by atoms with Crippen LogP contribution >= 0.6 is 0 Å². The van der Waals surface area contributed by atoms with Crippen molar-refractivity contribution in [2.24, 2.45) is 7.05 Å². The van der Waals surface area contributed by atoms with E-state index >= 15 is 0 Å². The summed E-state index contributed by atoms with van der Waals surface area (Å²) in [5.41, 5.74) is 0.763. The normalized spacial score (nSPS) is 19.7. The van der Waals surface area contributed by atoms with Crippen molar-refractivity contribution in [2.75, 3.05) is 26.2 Å². The van der Waals surface area contributed by atoms with Gasteiger partial charge in [0.2, 0.25) is 0 Å². The minimum absolute atomic E-state index is 0.131. The van der Waals surface area contributed by atoms with Gasteiger partial charge in [0.15, 0.2) is 6.04 Å². The molecule has 0 saturated carbocycles. The third-order valence-corrected chi connectivity index (χ3v) is 4.27. The Morgan fingerprint density at radius 2 is 1.86 bits per heavy atom. The fraction of sp³-hybridized carbons (Fsp3) is 0.733. The maximum atomic E-state index is 11.7. The van der Waals surface area contributed by atoms with Crippen molar-refractivity contribution in [2.45, 2.75) is 39.3 Å². The smallest absolute Gasteiger partial charge is 0.327 e. The summed E-state index contributed by atoms with van der Waals surface area (Å²) in [6.07, 6.45) is 1.82. The molecular weight excluding hydrogens is 268 g/mol. The Balaban J connectivity index is 2.13. The van der Waals surface area contributed by atoms with Crippen LogP contribution < -0.4 is 0 Å². The first-order chi connectivity index (χ1) is 9.70. The van der Waals surface area contributed by atoms with E-state index in [1.807, 2.05) is 29.6 Å². The Hall–Kier alpha value is -1.40. The van der Waals surface area contributed by atoms with Gasteiger partial charge >= 0.3 is 5.97 Å². The van der Waals surface area contributed by atoms with Crippen LogP contribution in [0.25, 0.3) is 0 Å². The molecule has 118 valence electrons. The van der Waals surface area contributed by atoms with E-state index in [2.05, 4.69) is 30.7 Å². The standard InChI is InChI=1S/C15H26N4O2/c1-11-16-12(10-17(11)5)13(14(20)21)18-6-8-19(9-7-18)15(2,3)4/h10,13H,6-9H2,1-5H3,(H,20,21). The number of aromatic nitrogens is 2. The molecule has 1 N–H and O–H groups in total. The van der Waals surface area contributed by atoms with Crippen LogP contribution in [0.3, 0.4) is 0 Å². The molecule has 1 aromatic rings. The Kier molecular flexibility index (Phi) is 4.39. The third-order valence-electron chi connectivity index (χ3n) is 4.27. The van der Waals surface area contributed by atoms with Crippen LogP contribution in [0.15, 0.2) is 6.20 Å². The highest BCUT2D eigenvalue weighted by atomic mass is 16.4. The maximum Gasteiger partial charge on any atom is 0.327 e. The fourth-order valence-electron chi connectivity index (χ4n) is 2.84. The van der Waals surface area contributed by atoms with Gasteiger partial charge < -0.3 is 9.67 Å². The van der Waals surface area contributed by atoms with Gasteiger partial charge in [-0.1, -0.05) is 0 Å². The van der Waals surface area contributed by atoms with Gasteiger partial charge in [-0.2, -0.15) is 0 Å². The molecule has 2 heterocycles. The third kappa shape index (κ3) is 3.44. The summed E-state index contributed by atoms with van der Waals surface area (Å²) >= 11 is 0. The summed E-state index contributed by atoms with van der Waals surface area (Å²) in [6, 6.07) is -0.646. The minimum Gasteiger partial charge on any atom is -0.480 e. The zero-order valence-corrected chi connectivity index (χ0v) is 13.6. The van der Waals surface area contributed by atoms with Crippen molar-refractivity contribution < 1.29 is 9.90 Å². The number of carboxylic acid groups (broad SMARTS) is 1. The molecule has 6 heteroatoms. The molecule has 1 aromatic heterocycles. The number of aryl methyl sites for hydroxylation is 2. The predicted molar refractivity (Wildman–Crippen MR) is 81.2 cm³/mol. The monoisotopic (exact) mass is 294 g/mol. The minimum atomic E-state index is -0.822. The molecule has 6 nitrogen and oxygen atoms in total. The van der Waals surface area contributed by atoms with Gasteiger partial charge in [0.25, 0.3) is 0 Å². The highest BCUT2D eigenvalue weighted by Gasteiger charge is 2.34. The Labute approximate surface area is 126 Å². The topological polar surface area (TPSA) is 61.6 Å². The lowest BCUT2D eigenvalue weighted by Crippen LogP contribution is -2.54. The van der Waals surface area contributed by atoms with Crippen LogP contribution in [0.5, 0.6) is 0 Å². The van der Waals surface area contributed by atoms with E-state index < -0.39 is 12.0 Å². The molecule has 0 spiro atoms. The molecule has 1 unspecified atom stereocenters. The van der Waals surface area contributed by atoms with E-state index in [0.29, 0.717) is 5.69 Å². The van der Waals surface area contributed by atoms with Gasteiger partial charge in [0.1, 0.15) is 5.82 Å². The quantitative estimate of drug-likeness (QED) is 0.909. The van der Waals surface area contributed by atoms with Gasteiger partial charge in [0, 0.05) is 45.0 Å². The van der Waals surface area contributed by atoms with Crippen LogP contribution in [0.2, 0.25) is 0 Å². The van der Waals surface area contributed by atoms with Crippen molar-refractivity contribution in [3.05, 3.63) is 17.7 Å². The first-order valence-electron chi connectivity index (χ1n) is 7.42. The molecule has 1 aliphatic heterocycles. The van der Waals surface area contributed by atoms with E-state index in [9.17, 15) is 9.90 Å². The predicted octanol–water partition coefficient (Wildman–Crippen LogP) is 1.27. The lowest BCUT2D eigenvalue weighted by atomic mass is 10.0. The molecule has 2 rings (SSSR count). The molecule has 21 heavy (non-hydrogen) atoms. The maximum absolute atomic E-state index is 11.7. The summed E-state index contributed by atoms with van der Waals surface area (Å²) in [5.74, 6) is 0.0156. The second-order valence-corrected chi connectivity index (χ2v) is 6.76. The van der Waals surface area contributed by atoms with Crippen LogP contribution in [0, 0.1) is 6.92 Å². The highest BCUT2D eigenvalue weighted by molar-refractivity contribution is 5.74. The molecule has 1 atom stereocenters. The van der Waals surface area contributed by atoms with Gasteiger partial charge in [-0.3, -0.25) is 14.6 Å². The zero-order valence-electron chi connectivity index (χ0n) is 13.6. The lowest BCUT2D eigenvalue weighted by Gasteiger charge is -2.43. The average Bonchev–Trinajstić information content (AvgIpc) is 2.68. The molecule has 0 radical (unpaired) electrons. The number of hydrogen-bond acceptors (Lipinski definition) is 4. The van der Waals surface area contributed by atoms with Gasteiger partial charge in [-0.05, 0) is 27.7 Å². The largest absolute Gasteiger partial charge is 0.480 e. The number of carbonyl (C=O) groups is 1. The molecule has 1 saturated heterocycles. The number of aliphatic carboxylic acids is 1. The van der Waals surface area contributed by atoms with E-state index in [-0.39, 0.29) is 5.54 Å². The van der Waals surface area contributed by atoms with Crippen molar-refractivity contribution in [3.63, 3.8) is 0 Å². The second kappa shape index (κ2) is 5.77. The molecule has 0 bridgehead atoms. The van der Waals surface area contributed by atoms with E-state index in [1.54, 1.807) is 0 Å². The molecule has 1 aliphatic rings.